The molecule has 0 unspecified atom stereocenters. The lowest BCUT2D eigenvalue weighted by Gasteiger charge is -2.15. The molecular formula is C26H21BrN2O5. The van der Waals surface area contributed by atoms with Crippen molar-refractivity contribution in [2.24, 2.45) is 0 Å². The van der Waals surface area contributed by atoms with Gasteiger partial charge in [0.05, 0.1) is 5.56 Å². The van der Waals surface area contributed by atoms with Gasteiger partial charge in [-0.1, -0.05) is 54.6 Å². The van der Waals surface area contributed by atoms with Gasteiger partial charge in [-0.2, -0.15) is 0 Å². The lowest BCUT2D eigenvalue weighted by Crippen LogP contribution is -2.24. The number of carbonyl (C=O) groups excluding carboxylic acids is 2. The summed E-state index contributed by atoms with van der Waals surface area (Å²) < 4.78 is 6.08. The zero-order chi connectivity index (χ0) is 24.1. The number of fused-ring (bicyclic) bond motifs is 3. The molecule has 7 nitrogen and oxygen atoms in total. The molecule has 0 aromatic heterocycles. The van der Waals surface area contributed by atoms with Gasteiger partial charge in [0, 0.05) is 28.7 Å². The van der Waals surface area contributed by atoms with Gasteiger partial charge in [0.15, 0.2) is 0 Å². The Kier molecular flexibility index (Phi) is 7.08. The van der Waals surface area contributed by atoms with E-state index in [-0.39, 0.29) is 19.1 Å². The minimum Gasteiger partial charge on any atom is -0.478 e. The summed E-state index contributed by atoms with van der Waals surface area (Å²) in [7, 11) is 0. The van der Waals surface area contributed by atoms with Gasteiger partial charge in [-0.3, -0.25) is 10.1 Å². The molecule has 8 heteroatoms. The van der Waals surface area contributed by atoms with Gasteiger partial charge >= 0.3 is 12.1 Å². The Labute approximate surface area is 204 Å². The minimum absolute atomic E-state index is 0.0525. The largest absolute Gasteiger partial charge is 0.478 e. The zero-order valence-corrected chi connectivity index (χ0v) is 19.5. The number of carboxylic acids is 1. The molecule has 0 heterocycles. The first-order chi connectivity index (χ1) is 16.4. The summed E-state index contributed by atoms with van der Waals surface area (Å²) in [5.41, 5.74) is 5.22. The van der Waals surface area contributed by atoms with Crippen LogP contribution in [0.2, 0.25) is 0 Å². The van der Waals surface area contributed by atoms with Gasteiger partial charge in [0.1, 0.15) is 6.61 Å². The van der Waals surface area contributed by atoms with Crippen LogP contribution in [0.4, 0.5) is 10.5 Å². The molecule has 0 saturated heterocycles. The number of hydrogen-bond donors (Lipinski definition) is 3. The van der Waals surface area contributed by atoms with E-state index in [1.165, 1.54) is 12.1 Å². The summed E-state index contributed by atoms with van der Waals surface area (Å²) in [6.07, 6.45) is 1.65. The second kappa shape index (κ2) is 10.4. The van der Waals surface area contributed by atoms with Gasteiger partial charge in [-0.05, 0) is 56.4 Å². The third-order valence-electron chi connectivity index (χ3n) is 5.44. The Bertz CT molecular complexity index is 1240. The van der Waals surface area contributed by atoms with E-state index in [4.69, 9.17) is 9.84 Å². The first-order valence-electron chi connectivity index (χ1n) is 10.5. The van der Waals surface area contributed by atoms with Crippen molar-refractivity contribution in [3.05, 3.63) is 100 Å². The predicted molar refractivity (Wildman–Crippen MR) is 132 cm³/mol. The molecule has 0 fully saturated rings. The third kappa shape index (κ3) is 5.18. The van der Waals surface area contributed by atoms with Crippen molar-refractivity contribution < 1.29 is 24.2 Å². The van der Waals surface area contributed by atoms with E-state index in [0.29, 0.717) is 15.7 Å². The van der Waals surface area contributed by atoms with Crippen molar-refractivity contribution in [1.29, 1.82) is 0 Å². The second-order valence-electron chi connectivity index (χ2n) is 7.60. The zero-order valence-electron chi connectivity index (χ0n) is 18.0. The molecule has 3 aromatic rings. The molecule has 1 aliphatic carbocycles. The lowest BCUT2D eigenvalue weighted by atomic mass is 9.98. The van der Waals surface area contributed by atoms with Crippen LogP contribution in [0.15, 0.2) is 83.4 Å². The number of benzene rings is 3. The van der Waals surface area contributed by atoms with Crippen molar-refractivity contribution in [2.45, 2.75) is 5.92 Å². The normalized spacial score (nSPS) is 12.1. The molecule has 3 aromatic carbocycles. The molecular weight excluding hydrogens is 500 g/mol. The van der Waals surface area contributed by atoms with E-state index in [9.17, 15) is 14.4 Å². The second-order valence-corrected chi connectivity index (χ2v) is 8.45. The number of hydrogen-bond acceptors (Lipinski definition) is 4. The quantitative estimate of drug-likeness (QED) is 0.372. The van der Waals surface area contributed by atoms with Gasteiger partial charge in [0.25, 0.3) is 5.91 Å². The van der Waals surface area contributed by atoms with Crippen molar-refractivity contribution in [1.82, 2.24) is 5.32 Å². The number of amides is 2. The van der Waals surface area contributed by atoms with Gasteiger partial charge in [-0.25, -0.2) is 9.59 Å². The van der Waals surface area contributed by atoms with Gasteiger partial charge in [0.2, 0.25) is 0 Å². The number of nitrogens with one attached hydrogen (secondary N) is 2. The number of rotatable bonds is 7. The van der Waals surface area contributed by atoms with Crippen molar-refractivity contribution in [2.75, 3.05) is 18.5 Å². The predicted octanol–water partition coefficient (Wildman–Crippen LogP) is 5.18. The molecule has 2 amide bonds. The highest BCUT2D eigenvalue weighted by Crippen LogP contribution is 2.44. The molecule has 0 bridgehead atoms. The fourth-order valence-electron chi connectivity index (χ4n) is 3.94. The van der Waals surface area contributed by atoms with Gasteiger partial charge < -0.3 is 15.2 Å². The molecule has 0 saturated carbocycles. The summed E-state index contributed by atoms with van der Waals surface area (Å²) in [6, 6.07) is 21.0. The smallest absolute Gasteiger partial charge is 0.411 e. The topological polar surface area (TPSA) is 105 Å². The van der Waals surface area contributed by atoms with Crippen LogP contribution in [-0.2, 0) is 9.53 Å². The van der Waals surface area contributed by atoms with Crippen LogP contribution in [0.3, 0.4) is 0 Å². The Morgan fingerprint density at radius 3 is 2.26 bits per heavy atom. The Morgan fingerprint density at radius 1 is 0.971 bits per heavy atom. The summed E-state index contributed by atoms with van der Waals surface area (Å²) in [5, 5.41) is 13.9. The van der Waals surface area contributed by atoms with Crippen LogP contribution in [0.1, 0.15) is 27.4 Å². The molecule has 0 atom stereocenters. The summed E-state index contributed by atoms with van der Waals surface area (Å²) >= 11 is 3.32. The fourth-order valence-corrected chi connectivity index (χ4v) is 4.36. The van der Waals surface area contributed by atoms with Crippen LogP contribution in [0.25, 0.3) is 11.1 Å². The highest BCUT2D eigenvalue weighted by Gasteiger charge is 2.29. The van der Waals surface area contributed by atoms with Crippen molar-refractivity contribution in [3.8, 4) is 11.1 Å². The molecule has 34 heavy (non-hydrogen) atoms. The molecule has 0 aliphatic heterocycles. The molecule has 172 valence electrons. The highest BCUT2D eigenvalue weighted by atomic mass is 79.9. The number of carbonyl (C=O) groups is 3. The first kappa shape index (κ1) is 23.3. The minimum atomic E-state index is -1.09. The standard InChI is InChI=1S/C26H21BrN2O5/c27-23-12-11-16(14-21(23)25(32)28-13-5-10-24(30)31)29-26(33)34-15-22-19-8-3-1-6-17(19)18-7-2-4-9-20(18)22/h1-12,14,22H,13,15H2,(H,28,32)(H,29,33)(H,30,31)/b10-5+. The van der Waals surface area contributed by atoms with E-state index in [2.05, 4.69) is 38.7 Å². The van der Waals surface area contributed by atoms with Crippen LogP contribution < -0.4 is 10.6 Å². The Balaban J connectivity index is 1.40. The van der Waals surface area contributed by atoms with Crippen LogP contribution in [0.5, 0.6) is 0 Å². The van der Waals surface area contributed by atoms with Crippen LogP contribution in [0, 0.1) is 0 Å². The SMILES string of the molecule is O=C(O)/C=C/CNC(=O)c1cc(NC(=O)OCC2c3ccccc3-c3ccccc32)ccc1Br. The Morgan fingerprint density at radius 2 is 1.62 bits per heavy atom. The highest BCUT2D eigenvalue weighted by molar-refractivity contribution is 9.10. The molecule has 4 rings (SSSR count). The van der Waals surface area contributed by atoms with E-state index in [1.54, 1.807) is 12.1 Å². The molecule has 0 spiro atoms. The number of halogens is 1. The number of ether oxygens (including phenoxy) is 1. The van der Waals surface area contributed by atoms with Crippen LogP contribution >= 0.6 is 15.9 Å². The molecule has 3 N–H and O–H groups in total. The van der Waals surface area contributed by atoms with Crippen molar-refractivity contribution in [3.63, 3.8) is 0 Å². The number of aliphatic carboxylic acids is 1. The molecule has 1 aliphatic rings. The lowest BCUT2D eigenvalue weighted by molar-refractivity contribution is -0.131. The van der Waals surface area contributed by atoms with E-state index >= 15 is 0 Å². The fraction of sp³-hybridized carbons (Fsp3) is 0.115. The third-order valence-corrected chi connectivity index (χ3v) is 6.13. The first-order valence-corrected chi connectivity index (χ1v) is 11.3. The van der Waals surface area contributed by atoms with E-state index in [0.717, 1.165) is 28.3 Å². The monoisotopic (exact) mass is 520 g/mol. The summed E-state index contributed by atoms with van der Waals surface area (Å²) in [5.74, 6) is -1.56. The summed E-state index contributed by atoms with van der Waals surface area (Å²) in [6.45, 7) is 0.237. The average Bonchev–Trinajstić information content (AvgIpc) is 3.15. The molecule has 0 radical (unpaired) electrons. The Hall–Kier alpha value is -3.91. The van der Waals surface area contributed by atoms with Crippen LogP contribution in [-0.4, -0.2) is 36.2 Å². The maximum Gasteiger partial charge on any atom is 0.411 e. The average molecular weight is 521 g/mol. The number of carboxylic acid groups (broad SMARTS) is 1. The van der Waals surface area contributed by atoms with Gasteiger partial charge in [-0.15, -0.1) is 0 Å². The summed E-state index contributed by atoms with van der Waals surface area (Å²) in [4.78, 5) is 35.5. The number of anilines is 1. The maximum absolute atomic E-state index is 12.5. The van der Waals surface area contributed by atoms with Crippen molar-refractivity contribution >= 4 is 39.6 Å². The van der Waals surface area contributed by atoms with E-state index in [1.807, 2.05) is 36.4 Å². The maximum atomic E-state index is 12.5. The van der Waals surface area contributed by atoms with E-state index < -0.39 is 18.0 Å².